The number of sulfone groups is 1. The molecule has 0 spiro atoms. The second-order valence-corrected chi connectivity index (χ2v) is 8.75. The zero-order chi connectivity index (χ0) is 14.9. The van der Waals surface area contributed by atoms with Crippen molar-refractivity contribution in [1.82, 2.24) is 0 Å². The van der Waals surface area contributed by atoms with E-state index in [0.717, 1.165) is 12.8 Å². The highest BCUT2D eigenvalue weighted by Gasteiger charge is 2.37. The molecule has 3 nitrogen and oxygen atoms in total. The van der Waals surface area contributed by atoms with Gasteiger partial charge in [0.05, 0.1) is 10.9 Å². The molecule has 0 saturated carbocycles. The molecule has 19 heavy (non-hydrogen) atoms. The first-order valence-electron chi connectivity index (χ1n) is 7.61. The molecule has 1 atom stereocenters. The third-order valence-corrected chi connectivity index (χ3v) is 6.27. The first kappa shape index (κ1) is 18.9. The SMILES string of the molecule is CCCCCCCCCCC(O)C(C)(C)S(C)(=O)=O. The highest BCUT2D eigenvalue weighted by molar-refractivity contribution is 7.92. The summed E-state index contributed by atoms with van der Waals surface area (Å²) in [5, 5.41) is 10.0. The standard InChI is InChI=1S/C15H32O3S/c1-5-6-7-8-9-10-11-12-13-14(16)15(2,3)19(4,17)18/h14,16H,5-13H2,1-4H3. The van der Waals surface area contributed by atoms with Crippen LogP contribution in [0.2, 0.25) is 0 Å². The molecule has 0 aromatic rings. The maximum atomic E-state index is 11.6. The van der Waals surface area contributed by atoms with Crippen LogP contribution < -0.4 is 0 Å². The molecule has 0 aromatic heterocycles. The largest absolute Gasteiger partial charge is 0.392 e. The lowest BCUT2D eigenvalue weighted by Crippen LogP contribution is -2.43. The van der Waals surface area contributed by atoms with Crippen LogP contribution in [0.4, 0.5) is 0 Å². The minimum Gasteiger partial charge on any atom is -0.392 e. The minimum absolute atomic E-state index is 0.578. The van der Waals surface area contributed by atoms with Gasteiger partial charge in [-0.3, -0.25) is 0 Å². The molecule has 1 unspecified atom stereocenters. The normalized spacial score (nSPS) is 14.6. The summed E-state index contributed by atoms with van der Waals surface area (Å²) in [7, 11) is -3.21. The van der Waals surface area contributed by atoms with Crippen molar-refractivity contribution in [3.8, 4) is 0 Å². The Hall–Kier alpha value is -0.0900. The molecular weight excluding hydrogens is 260 g/mol. The molecule has 0 fully saturated rings. The van der Waals surface area contributed by atoms with Crippen LogP contribution in [-0.2, 0) is 9.84 Å². The van der Waals surface area contributed by atoms with E-state index in [2.05, 4.69) is 6.92 Å². The predicted octanol–water partition coefficient (Wildman–Crippen LogP) is 3.70. The van der Waals surface area contributed by atoms with Crippen LogP contribution in [0.5, 0.6) is 0 Å². The van der Waals surface area contributed by atoms with E-state index in [9.17, 15) is 13.5 Å². The van der Waals surface area contributed by atoms with Gasteiger partial charge >= 0.3 is 0 Å². The van der Waals surface area contributed by atoms with Gasteiger partial charge in [-0.15, -0.1) is 0 Å². The monoisotopic (exact) mass is 292 g/mol. The molecular formula is C15H32O3S. The van der Waals surface area contributed by atoms with Gasteiger partial charge in [-0.25, -0.2) is 8.42 Å². The molecule has 1 N–H and O–H groups in total. The van der Waals surface area contributed by atoms with E-state index in [1.54, 1.807) is 13.8 Å². The molecule has 0 amide bonds. The fraction of sp³-hybridized carbons (Fsp3) is 1.00. The van der Waals surface area contributed by atoms with Crippen molar-refractivity contribution in [2.24, 2.45) is 0 Å². The van der Waals surface area contributed by atoms with Crippen molar-refractivity contribution < 1.29 is 13.5 Å². The predicted molar refractivity (Wildman–Crippen MR) is 82.2 cm³/mol. The summed E-state index contributed by atoms with van der Waals surface area (Å²) in [6.45, 7) is 5.43. The summed E-state index contributed by atoms with van der Waals surface area (Å²) >= 11 is 0. The number of hydrogen-bond donors (Lipinski definition) is 1. The number of rotatable bonds is 11. The van der Waals surface area contributed by atoms with Crippen LogP contribution in [0, 0.1) is 0 Å². The molecule has 0 radical (unpaired) electrons. The Labute approximate surface area is 119 Å². The molecule has 0 heterocycles. The van der Waals surface area contributed by atoms with E-state index in [1.165, 1.54) is 44.8 Å². The maximum Gasteiger partial charge on any atom is 0.155 e. The molecule has 4 heteroatoms. The van der Waals surface area contributed by atoms with E-state index in [0.29, 0.717) is 6.42 Å². The van der Waals surface area contributed by atoms with Crippen molar-refractivity contribution in [3.63, 3.8) is 0 Å². The van der Waals surface area contributed by atoms with E-state index in [4.69, 9.17) is 0 Å². The van der Waals surface area contributed by atoms with Gasteiger partial charge in [0.25, 0.3) is 0 Å². The lowest BCUT2D eigenvalue weighted by molar-refractivity contribution is 0.125. The Bertz CT molecular complexity index is 320. The smallest absolute Gasteiger partial charge is 0.155 e. The van der Waals surface area contributed by atoms with Gasteiger partial charge in [0.1, 0.15) is 0 Å². The van der Waals surface area contributed by atoms with Crippen LogP contribution in [-0.4, -0.2) is 30.6 Å². The van der Waals surface area contributed by atoms with E-state index in [-0.39, 0.29) is 0 Å². The van der Waals surface area contributed by atoms with Crippen molar-refractivity contribution in [3.05, 3.63) is 0 Å². The highest BCUT2D eigenvalue weighted by atomic mass is 32.2. The number of hydrogen-bond acceptors (Lipinski definition) is 3. The van der Waals surface area contributed by atoms with Crippen molar-refractivity contribution in [1.29, 1.82) is 0 Å². The first-order valence-corrected chi connectivity index (χ1v) is 9.50. The lowest BCUT2D eigenvalue weighted by Gasteiger charge is -2.28. The van der Waals surface area contributed by atoms with Crippen molar-refractivity contribution >= 4 is 9.84 Å². The summed E-state index contributed by atoms with van der Waals surface area (Å²) in [5.41, 5.74) is 0. The Morgan fingerprint density at radius 2 is 1.37 bits per heavy atom. The van der Waals surface area contributed by atoms with Gasteiger partial charge in [0, 0.05) is 6.26 Å². The number of aliphatic hydroxyl groups excluding tert-OH is 1. The van der Waals surface area contributed by atoms with E-state index in [1.807, 2.05) is 0 Å². The van der Waals surface area contributed by atoms with Crippen molar-refractivity contribution in [2.45, 2.75) is 89.4 Å². The van der Waals surface area contributed by atoms with Gasteiger partial charge in [0.2, 0.25) is 0 Å². The average molecular weight is 292 g/mol. The van der Waals surface area contributed by atoms with E-state index < -0.39 is 20.7 Å². The van der Waals surface area contributed by atoms with E-state index >= 15 is 0 Å². The fourth-order valence-corrected chi connectivity index (χ4v) is 2.68. The second kappa shape index (κ2) is 8.96. The molecule has 116 valence electrons. The zero-order valence-corrected chi connectivity index (χ0v) is 13.9. The third-order valence-electron chi connectivity index (χ3n) is 4.09. The van der Waals surface area contributed by atoms with Gasteiger partial charge in [-0.2, -0.15) is 0 Å². The summed E-state index contributed by atoms with van der Waals surface area (Å²) in [6, 6.07) is 0. The average Bonchev–Trinajstić information content (AvgIpc) is 2.30. The fourth-order valence-electron chi connectivity index (χ4n) is 2.07. The van der Waals surface area contributed by atoms with Crippen molar-refractivity contribution in [2.75, 3.05) is 6.26 Å². The number of unbranched alkanes of at least 4 members (excludes halogenated alkanes) is 7. The Balaban J connectivity index is 3.73. The highest BCUT2D eigenvalue weighted by Crippen LogP contribution is 2.24. The summed E-state index contributed by atoms with van der Waals surface area (Å²) in [4.78, 5) is 0. The van der Waals surface area contributed by atoms with Crippen LogP contribution in [0.1, 0.15) is 78.6 Å². The van der Waals surface area contributed by atoms with Gasteiger partial charge in [-0.1, -0.05) is 58.3 Å². The molecule has 0 rings (SSSR count). The molecule has 0 aliphatic heterocycles. The first-order chi connectivity index (χ1) is 8.73. The number of aliphatic hydroxyl groups is 1. The van der Waals surface area contributed by atoms with Crippen LogP contribution in [0.15, 0.2) is 0 Å². The Kier molecular flexibility index (Phi) is 8.92. The van der Waals surface area contributed by atoms with Crippen LogP contribution >= 0.6 is 0 Å². The quantitative estimate of drug-likeness (QED) is 0.591. The summed E-state index contributed by atoms with van der Waals surface area (Å²) in [5.74, 6) is 0. The summed E-state index contributed by atoms with van der Waals surface area (Å²) in [6.07, 6.45) is 10.7. The molecule has 0 aliphatic rings. The second-order valence-electron chi connectivity index (χ2n) is 6.15. The van der Waals surface area contributed by atoms with Crippen LogP contribution in [0.3, 0.4) is 0 Å². The molecule has 0 saturated heterocycles. The van der Waals surface area contributed by atoms with Gasteiger partial charge in [-0.05, 0) is 20.3 Å². The van der Waals surface area contributed by atoms with Gasteiger partial charge in [0.15, 0.2) is 9.84 Å². The Morgan fingerprint density at radius 1 is 0.947 bits per heavy atom. The summed E-state index contributed by atoms with van der Waals surface area (Å²) < 4.78 is 22.1. The van der Waals surface area contributed by atoms with Crippen LogP contribution in [0.25, 0.3) is 0 Å². The Morgan fingerprint density at radius 3 is 1.79 bits per heavy atom. The molecule has 0 aliphatic carbocycles. The zero-order valence-electron chi connectivity index (χ0n) is 13.1. The topological polar surface area (TPSA) is 54.4 Å². The molecule has 0 aromatic carbocycles. The maximum absolute atomic E-state index is 11.6. The molecule has 0 bridgehead atoms. The van der Waals surface area contributed by atoms with Gasteiger partial charge < -0.3 is 5.11 Å². The lowest BCUT2D eigenvalue weighted by atomic mass is 9.99. The third kappa shape index (κ3) is 7.31. The minimum atomic E-state index is -3.21.